The first-order valence-corrected chi connectivity index (χ1v) is 3.46. The first-order chi connectivity index (χ1) is 4.31. The van der Waals surface area contributed by atoms with Gasteiger partial charge in [-0.2, -0.15) is 0 Å². The zero-order valence-electron chi connectivity index (χ0n) is 5.21. The van der Waals surface area contributed by atoms with Gasteiger partial charge >= 0.3 is 62.7 Å². The molecule has 0 atom stereocenters. The molecule has 0 heterocycles. The van der Waals surface area contributed by atoms with E-state index in [-0.39, 0.29) is 5.83 Å². The van der Waals surface area contributed by atoms with Gasteiger partial charge in [0.25, 0.3) is 0 Å². The zero-order chi connectivity index (χ0) is 7.11. The normalized spacial score (nSPS) is 12.3. The number of hydrogen-bond acceptors (Lipinski definition) is 1. The van der Waals surface area contributed by atoms with Crippen LogP contribution in [0, 0.1) is 0 Å². The molecule has 0 unspecified atom stereocenters. The van der Waals surface area contributed by atoms with Crippen LogP contribution in [0.25, 0.3) is 0 Å². The van der Waals surface area contributed by atoms with Gasteiger partial charge in [0, 0.05) is 0 Å². The van der Waals surface area contributed by atoms with Crippen LogP contribution < -0.4 is 0 Å². The van der Waals surface area contributed by atoms with E-state index in [0.29, 0.717) is 0 Å². The molecule has 0 aliphatic carbocycles. The van der Waals surface area contributed by atoms with Gasteiger partial charge in [0.15, 0.2) is 0 Å². The van der Waals surface area contributed by atoms with Crippen LogP contribution in [0.3, 0.4) is 0 Å². The summed E-state index contributed by atoms with van der Waals surface area (Å²) in [7, 11) is 0. The SMILES string of the molecule is CCC=N/C=C(/F)[CH]=[V]. The van der Waals surface area contributed by atoms with Crippen molar-refractivity contribution < 1.29 is 21.4 Å². The molecule has 0 aromatic rings. The number of rotatable bonds is 3. The van der Waals surface area contributed by atoms with Gasteiger partial charge in [-0.1, -0.05) is 0 Å². The van der Waals surface area contributed by atoms with E-state index in [2.05, 4.69) is 4.99 Å². The molecule has 0 aliphatic heterocycles. The van der Waals surface area contributed by atoms with Crippen LogP contribution in [0.1, 0.15) is 13.3 Å². The minimum atomic E-state index is -0.320. The molecule has 0 rings (SSSR count). The van der Waals surface area contributed by atoms with E-state index in [1.54, 1.807) is 6.21 Å². The number of nitrogens with zero attached hydrogens (tertiary/aromatic N) is 1. The van der Waals surface area contributed by atoms with Crippen molar-refractivity contribution >= 4 is 10.9 Å². The molecule has 0 N–H and O–H groups in total. The van der Waals surface area contributed by atoms with Crippen LogP contribution >= 0.6 is 0 Å². The number of allylic oxidation sites excluding steroid dienone is 1. The molecule has 0 saturated carbocycles. The summed E-state index contributed by atoms with van der Waals surface area (Å²) in [6.07, 6.45) is 3.67. The van der Waals surface area contributed by atoms with Crippen molar-refractivity contribution in [3.05, 3.63) is 12.0 Å². The molecular formula is C6H8FNV. The molecular weight excluding hydrogens is 156 g/mol. The van der Waals surface area contributed by atoms with Gasteiger partial charge < -0.3 is 0 Å². The summed E-state index contributed by atoms with van der Waals surface area (Å²) in [4.78, 5) is 3.66. The van der Waals surface area contributed by atoms with Crippen molar-refractivity contribution in [1.29, 1.82) is 0 Å². The van der Waals surface area contributed by atoms with Crippen molar-refractivity contribution in [1.82, 2.24) is 0 Å². The van der Waals surface area contributed by atoms with Gasteiger partial charge in [-0.05, 0) is 0 Å². The summed E-state index contributed by atoms with van der Waals surface area (Å²) < 4.78 is 13.4. The van der Waals surface area contributed by atoms with Crippen molar-refractivity contribution in [3.8, 4) is 0 Å². The maximum atomic E-state index is 12.1. The molecule has 0 bridgehead atoms. The Hall–Kier alpha value is -0.206. The van der Waals surface area contributed by atoms with Crippen LogP contribution in [-0.4, -0.2) is 10.9 Å². The topological polar surface area (TPSA) is 12.4 Å². The third-order valence-corrected chi connectivity index (χ3v) is 0.994. The van der Waals surface area contributed by atoms with E-state index in [1.807, 2.05) is 23.9 Å². The summed E-state index contributed by atoms with van der Waals surface area (Å²) in [6, 6.07) is 0. The summed E-state index contributed by atoms with van der Waals surface area (Å²) in [5.41, 5.74) is 0. The van der Waals surface area contributed by atoms with Crippen LogP contribution in [0.4, 0.5) is 4.39 Å². The van der Waals surface area contributed by atoms with Crippen molar-refractivity contribution in [2.75, 3.05) is 0 Å². The number of halogens is 1. The average Bonchev–Trinajstić information content (AvgIpc) is 1.89. The molecule has 0 amide bonds. The molecule has 0 spiro atoms. The Morgan fingerprint density at radius 1 is 1.78 bits per heavy atom. The van der Waals surface area contributed by atoms with E-state index < -0.39 is 0 Å². The summed E-state index contributed by atoms with van der Waals surface area (Å²) in [5, 5.41) is 0. The average molecular weight is 164 g/mol. The summed E-state index contributed by atoms with van der Waals surface area (Å²) in [5.74, 6) is -0.320. The molecule has 0 aliphatic rings. The Bertz CT molecular complexity index is 140. The predicted octanol–water partition coefficient (Wildman–Crippen LogP) is 1.63. The standard InChI is InChI=1S/C6H8FN.V/c1-3-4-8-5-6(2)7;/h2,4-5H,3H2,1H3;/b6-5+,8-4?;. The fraction of sp³-hybridized carbons (Fsp3) is 0.333. The Kier molecular flexibility index (Phi) is 5.79. The maximum absolute atomic E-state index is 12.1. The zero-order valence-corrected chi connectivity index (χ0v) is 6.61. The fourth-order valence-corrected chi connectivity index (χ4v) is 0.367. The molecule has 0 radical (unpaired) electrons. The van der Waals surface area contributed by atoms with Crippen LogP contribution in [0.5, 0.6) is 0 Å². The van der Waals surface area contributed by atoms with E-state index in [9.17, 15) is 4.39 Å². The van der Waals surface area contributed by atoms with E-state index in [0.717, 1.165) is 6.42 Å². The molecule has 3 heteroatoms. The van der Waals surface area contributed by atoms with Gasteiger partial charge in [0.05, 0.1) is 0 Å². The van der Waals surface area contributed by atoms with Gasteiger partial charge in [0.2, 0.25) is 0 Å². The second-order valence-electron chi connectivity index (χ2n) is 1.38. The van der Waals surface area contributed by atoms with Crippen molar-refractivity contribution in [2.45, 2.75) is 13.3 Å². The third kappa shape index (κ3) is 5.67. The molecule has 9 heavy (non-hydrogen) atoms. The quantitative estimate of drug-likeness (QED) is 0.562. The van der Waals surface area contributed by atoms with Crippen LogP contribution in [-0.2, 0) is 17.0 Å². The molecule has 1 nitrogen and oxygen atoms in total. The molecule has 0 fully saturated rings. The summed E-state index contributed by atoms with van der Waals surface area (Å²) >= 11 is 2.03. The van der Waals surface area contributed by atoms with Crippen LogP contribution in [0.2, 0.25) is 0 Å². The molecule has 0 aromatic heterocycles. The van der Waals surface area contributed by atoms with Crippen LogP contribution in [0.15, 0.2) is 17.0 Å². The van der Waals surface area contributed by atoms with E-state index in [4.69, 9.17) is 0 Å². The Morgan fingerprint density at radius 3 is 2.89 bits per heavy atom. The Morgan fingerprint density at radius 2 is 2.44 bits per heavy atom. The first-order valence-electron chi connectivity index (χ1n) is 2.66. The van der Waals surface area contributed by atoms with Gasteiger partial charge in [-0.3, -0.25) is 0 Å². The molecule has 49 valence electrons. The second kappa shape index (κ2) is 5.92. The first kappa shape index (κ1) is 8.79. The Balaban J connectivity index is 3.68. The number of hydrogen-bond donors (Lipinski definition) is 0. The van der Waals surface area contributed by atoms with Gasteiger partial charge in [-0.15, -0.1) is 0 Å². The van der Waals surface area contributed by atoms with Gasteiger partial charge in [0.1, 0.15) is 0 Å². The summed E-state index contributed by atoms with van der Waals surface area (Å²) in [6.45, 7) is 1.95. The van der Waals surface area contributed by atoms with E-state index in [1.165, 1.54) is 10.9 Å². The molecule has 0 saturated heterocycles. The van der Waals surface area contributed by atoms with Crippen molar-refractivity contribution in [3.63, 3.8) is 0 Å². The minimum absolute atomic E-state index is 0.320. The van der Waals surface area contributed by atoms with Crippen molar-refractivity contribution in [2.24, 2.45) is 4.99 Å². The predicted molar refractivity (Wildman–Crippen MR) is 34.0 cm³/mol. The fourth-order valence-electron chi connectivity index (χ4n) is 0.263. The molecule has 0 aromatic carbocycles. The Labute approximate surface area is 63.2 Å². The second-order valence-corrected chi connectivity index (χ2v) is 1.79. The third-order valence-electron chi connectivity index (χ3n) is 0.609. The number of aliphatic imine (C=N–C) groups is 1. The monoisotopic (exact) mass is 164 g/mol. The van der Waals surface area contributed by atoms with E-state index >= 15 is 0 Å². The van der Waals surface area contributed by atoms with Gasteiger partial charge in [-0.25, -0.2) is 0 Å².